The third-order valence-electron chi connectivity index (χ3n) is 4.14. The van der Waals surface area contributed by atoms with Crippen molar-refractivity contribution >= 4 is 23.1 Å². The second-order valence-corrected chi connectivity index (χ2v) is 7.12. The van der Waals surface area contributed by atoms with Gasteiger partial charge in [-0.1, -0.05) is 12.7 Å². The number of benzene rings is 1. The van der Waals surface area contributed by atoms with Gasteiger partial charge in [0.05, 0.1) is 24.0 Å². The molecule has 1 aromatic carbocycles. The highest BCUT2D eigenvalue weighted by atomic mass is 32.1. The number of carbonyl (C=O) groups excluding carboxylic acids is 1. The van der Waals surface area contributed by atoms with Gasteiger partial charge in [0.25, 0.3) is 5.91 Å². The van der Waals surface area contributed by atoms with E-state index in [0.29, 0.717) is 36.1 Å². The van der Waals surface area contributed by atoms with E-state index in [1.165, 1.54) is 16.0 Å². The molecule has 0 atom stereocenters. The molecule has 0 aliphatic rings. The predicted molar refractivity (Wildman–Crippen MR) is 113 cm³/mol. The third kappa shape index (κ3) is 5.39. The quantitative estimate of drug-likeness (QED) is 0.501. The van der Waals surface area contributed by atoms with Crippen LogP contribution in [0.2, 0.25) is 0 Å². The van der Waals surface area contributed by atoms with Crippen LogP contribution in [0.1, 0.15) is 20.9 Å². The maximum absolute atomic E-state index is 12.9. The summed E-state index contributed by atoms with van der Waals surface area (Å²) in [5.74, 6) is 1.31. The first-order valence-corrected chi connectivity index (χ1v) is 9.91. The second-order valence-electron chi connectivity index (χ2n) is 6.18. The Bertz CT molecular complexity index is 975. The summed E-state index contributed by atoms with van der Waals surface area (Å²) in [6.07, 6.45) is 7.02. The SMILES string of the molecule is C=CCOc1cc(OCCc2scnc2C)cc(C(=O)N(C)c2cnccn2)c1. The van der Waals surface area contributed by atoms with E-state index in [2.05, 4.69) is 21.5 Å². The fraction of sp³-hybridized carbons (Fsp3) is 0.238. The number of aromatic nitrogens is 3. The number of ether oxygens (including phenoxy) is 2. The van der Waals surface area contributed by atoms with Crippen LogP contribution in [0.4, 0.5) is 5.82 Å². The molecule has 29 heavy (non-hydrogen) atoms. The fourth-order valence-corrected chi connectivity index (χ4v) is 3.37. The lowest BCUT2D eigenvalue weighted by Gasteiger charge is -2.17. The van der Waals surface area contributed by atoms with Gasteiger partial charge in [0.15, 0.2) is 5.82 Å². The van der Waals surface area contributed by atoms with Gasteiger partial charge < -0.3 is 9.47 Å². The van der Waals surface area contributed by atoms with Crippen molar-refractivity contribution in [2.75, 3.05) is 25.2 Å². The molecule has 0 bridgehead atoms. The van der Waals surface area contributed by atoms with Crippen molar-refractivity contribution in [1.82, 2.24) is 15.0 Å². The Kier molecular flexibility index (Phi) is 6.91. The maximum Gasteiger partial charge on any atom is 0.259 e. The highest BCUT2D eigenvalue weighted by molar-refractivity contribution is 7.09. The Balaban J connectivity index is 1.78. The largest absolute Gasteiger partial charge is 0.493 e. The molecular formula is C21H22N4O3S. The molecule has 0 radical (unpaired) electrons. The summed E-state index contributed by atoms with van der Waals surface area (Å²) in [5.41, 5.74) is 3.28. The van der Waals surface area contributed by atoms with E-state index in [9.17, 15) is 4.79 Å². The molecule has 0 N–H and O–H groups in total. The highest BCUT2D eigenvalue weighted by Crippen LogP contribution is 2.25. The standard InChI is InChI=1S/C21H22N4O3S/c1-4-8-27-17-10-16(21(26)25(3)20-13-22-6-7-23-20)11-18(12-17)28-9-5-19-15(2)24-14-29-19/h4,6-7,10-14H,1,5,8-9H2,2-3H3. The summed E-state index contributed by atoms with van der Waals surface area (Å²) in [7, 11) is 1.65. The summed E-state index contributed by atoms with van der Waals surface area (Å²) in [4.78, 5) is 28.0. The van der Waals surface area contributed by atoms with E-state index in [1.54, 1.807) is 55.1 Å². The van der Waals surface area contributed by atoms with Gasteiger partial charge in [-0.25, -0.2) is 9.97 Å². The molecule has 2 aromatic heterocycles. The molecule has 0 saturated heterocycles. The van der Waals surface area contributed by atoms with E-state index in [1.807, 2.05) is 12.4 Å². The number of thiazole rings is 1. The predicted octanol–water partition coefficient (Wildman–Crippen LogP) is 3.70. The normalized spacial score (nSPS) is 10.4. The van der Waals surface area contributed by atoms with Crippen molar-refractivity contribution < 1.29 is 14.3 Å². The molecule has 0 aliphatic heterocycles. The van der Waals surface area contributed by atoms with E-state index in [4.69, 9.17) is 9.47 Å². The van der Waals surface area contributed by atoms with Crippen LogP contribution < -0.4 is 14.4 Å². The van der Waals surface area contributed by atoms with E-state index < -0.39 is 0 Å². The molecule has 0 saturated carbocycles. The molecule has 3 aromatic rings. The third-order valence-corrected chi connectivity index (χ3v) is 5.13. The number of carbonyl (C=O) groups is 1. The van der Waals surface area contributed by atoms with Crippen LogP contribution in [-0.2, 0) is 6.42 Å². The molecule has 0 spiro atoms. The maximum atomic E-state index is 12.9. The van der Waals surface area contributed by atoms with E-state index in [0.717, 1.165) is 12.1 Å². The van der Waals surface area contributed by atoms with E-state index >= 15 is 0 Å². The number of amides is 1. The van der Waals surface area contributed by atoms with Crippen molar-refractivity contribution in [3.8, 4) is 11.5 Å². The van der Waals surface area contributed by atoms with Gasteiger partial charge in [0.1, 0.15) is 18.1 Å². The Morgan fingerprint density at radius 3 is 2.66 bits per heavy atom. The lowest BCUT2D eigenvalue weighted by molar-refractivity contribution is 0.0991. The van der Waals surface area contributed by atoms with Crippen LogP contribution in [-0.4, -0.2) is 41.1 Å². The van der Waals surface area contributed by atoms with Crippen LogP contribution in [0, 0.1) is 6.92 Å². The van der Waals surface area contributed by atoms with Gasteiger partial charge >= 0.3 is 0 Å². The molecule has 8 heteroatoms. The molecule has 1 amide bonds. The van der Waals surface area contributed by atoms with Crippen LogP contribution in [0.5, 0.6) is 11.5 Å². The first kappa shape index (κ1) is 20.5. The average Bonchev–Trinajstić information content (AvgIpc) is 3.16. The van der Waals surface area contributed by atoms with Crippen molar-refractivity contribution in [1.29, 1.82) is 0 Å². The lowest BCUT2D eigenvalue weighted by Crippen LogP contribution is -2.27. The van der Waals surface area contributed by atoms with Gasteiger partial charge in [-0.2, -0.15) is 0 Å². The van der Waals surface area contributed by atoms with Crippen LogP contribution in [0.3, 0.4) is 0 Å². The number of hydrogen-bond donors (Lipinski definition) is 0. The number of nitrogens with zero attached hydrogens (tertiary/aromatic N) is 4. The molecule has 0 fully saturated rings. The molecule has 3 rings (SSSR count). The van der Waals surface area contributed by atoms with Gasteiger partial charge in [0.2, 0.25) is 0 Å². The zero-order chi connectivity index (χ0) is 20.6. The van der Waals surface area contributed by atoms with E-state index in [-0.39, 0.29) is 5.91 Å². The zero-order valence-electron chi connectivity index (χ0n) is 16.4. The Morgan fingerprint density at radius 1 is 1.21 bits per heavy atom. The van der Waals surface area contributed by atoms with Crippen molar-refractivity contribution in [3.63, 3.8) is 0 Å². The van der Waals surface area contributed by atoms with Crippen molar-refractivity contribution in [2.45, 2.75) is 13.3 Å². The Morgan fingerprint density at radius 2 is 2.00 bits per heavy atom. The number of aryl methyl sites for hydroxylation is 1. The first-order valence-electron chi connectivity index (χ1n) is 9.03. The number of hydrogen-bond acceptors (Lipinski definition) is 7. The van der Waals surface area contributed by atoms with Crippen LogP contribution in [0.15, 0.2) is 55.0 Å². The lowest BCUT2D eigenvalue weighted by atomic mass is 10.1. The van der Waals surface area contributed by atoms with Crippen LogP contribution in [0.25, 0.3) is 0 Å². The van der Waals surface area contributed by atoms with Crippen molar-refractivity contribution in [2.24, 2.45) is 0 Å². The van der Waals surface area contributed by atoms with Gasteiger partial charge in [-0.15, -0.1) is 11.3 Å². The summed E-state index contributed by atoms with van der Waals surface area (Å²) < 4.78 is 11.5. The molecular weight excluding hydrogens is 388 g/mol. The summed E-state index contributed by atoms with van der Waals surface area (Å²) in [6.45, 7) is 6.44. The van der Waals surface area contributed by atoms with Gasteiger partial charge in [-0.05, 0) is 19.1 Å². The topological polar surface area (TPSA) is 77.4 Å². The minimum absolute atomic E-state index is 0.238. The Hall–Kier alpha value is -3.26. The summed E-state index contributed by atoms with van der Waals surface area (Å²) in [5, 5.41) is 0. The highest BCUT2D eigenvalue weighted by Gasteiger charge is 2.17. The summed E-state index contributed by atoms with van der Waals surface area (Å²) >= 11 is 1.61. The molecule has 7 nitrogen and oxygen atoms in total. The van der Waals surface area contributed by atoms with Gasteiger partial charge in [0, 0.05) is 42.4 Å². The zero-order valence-corrected chi connectivity index (χ0v) is 17.2. The molecule has 0 unspecified atom stereocenters. The monoisotopic (exact) mass is 410 g/mol. The second kappa shape index (κ2) is 9.79. The number of rotatable bonds is 9. The van der Waals surface area contributed by atoms with Gasteiger partial charge in [-0.3, -0.25) is 14.7 Å². The molecule has 0 aliphatic carbocycles. The number of anilines is 1. The smallest absolute Gasteiger partial charge is 0.259 e. The fourth-order valence-electron chi connectivity index (χ4n) is 2.61. The minimum Gasteiger partial charge on any atom is -0.493 e. The molecule has 2 heterocycles. The van der Waals surface area contributed by atoms with Crippen LogP contribution >= 0.6 is 11.3 Å². The average molecular weight is 410 g/mol. The Labute approximate surface area is 173 Å². The van der Waals surface area contributed by atoms with Crippen molar-refractivity contribution in [3.05, 3.63) is 71.1 Å². The first-order chi connectivity index (χ1) is 14.1. The molecule has 150 valence electrons. The summed E-state index contributed by atoms with van der Waals surface area (Å²) in [6, 6.07) is 5.15. The minimum atomic E-state index is -0.238.